The Morgan fingerprint density at radius 3 is 2.60 bits per heavy atom. The van der Waals surface area contributed by atoms with Crippen LogP contribution in [0.3, 0.4) is 0 Å². The summed E-state index contributed by atoms with van der Waals surface area (Å²) in [5, 5.41) is 3.07. The van der Waals surface area contributed by atoms with Crippen LogP contribution in [0.1, 0.15) is 37.6 Å². The van der Waals surface area contributed by atoms with Crippen molar-refractivity contribution in [1.29, 1.82) is 0 Å². The van der Waals surface area contributed by atoms with Gasteiger partial charge in [-0.1, -0.05) is 25.4 Å². The zero-order chi connectivity index (χ0) is 18.8. The van der Waals surface area contributed by atoms with E-state index in [1.54, 1.807) is 13.0 Å². The van der Waals surface area contributed by atoms with E-state index in [2.05, 4.69) is 5.32 Å². The van der Waals surface area contributed by atoms with Gasteiger partial charge < -0.3 is 14.8 Å². The second kappa shape index (κ2) is 7.41. The first-order valence-corrected chi connectivity index (χ1v) is 10.3. The Morgan fingerprint density at radius 2 is 2.08 bits per heavy atom. The number of hydrogen-bond acceptors (Lipinski definition) is 5. The molecule has 0 radical (unpaired) electrons. The maximum atomic E-state index is 12.6. The summed E-state index contributed by atoms with van der Waals surface area (Å²) in [4.78, 5) is 12.6. The molecule has 0 bridgehead atoms. The zero-order valence-electron chi connectivity index (χ0n) is 14.9. The number of hydrogen-bond donors (Lipinski definition) is 1. The van der Waals surface area contributed by atoms with E-state index in [9.17, 15) is 13.2 Å². The van der Waals surface area contributed by atoms with Gasteiger partial charge in [-0.15, -0.1) is 0 Å². The van der Waals surface area contributed by atoms with E-state index in [-0.39, 0.29) is 16.5 Å². The Hall–Kier alpha value is -1.47. The minimum Gasteiger partial charge on any atom is -0.493 e. The van der Waals surface area contributed by atoms with Gasteiger partial charge in [-0.3, -0.25) is 4.79 Å². The first-order valence-electron chi connectivity index (χ1n) is 8.08. The van der Waals surface area contributed by atoms with Crippen LogP contribution < -0.4 is 14.8 Å². The van der Waals surface area contributed by atoms with Crippen molar-refractivity contribution in [3.63, 3.8) is 0 Å². The molecular formula is C17H24ClNO5S. The Balaban J connectivity index is 2.21. The van der Waals surface area contributed by atoms with Crippen LogP contribution >= 0.6 is 11.6 Å². The van der Waals surface area contributed by atoms with Crippen molar-refractivity contribution in [2.45, 2.75) is 32.7 Å². The van der Waals surface area contributed by atoms with Gasteiger partial charge in [0, 0.05) is 5.56 Å². The number of halogens is 1. The number of amides is 1. The SMILES string of the molecule is COc1cc(C(=O)NC2(C)CCS(=O)(=O)C2)cc(Cl)c1OCC(C)C. The number of sulfone groups is 1. The van der Waals surface area contributed by atoms with E-state index in [4.69, 9.17) is 21.1 Å². The Bertz CT molecular complexity index is 763. The highest BCUT2D eigenvalue weighted by molar-refractivity contribution is 7.91. The van der Waals surface area contributed by atoms with Crippen molar-refractivity contribution in [2.75, 3.05) is 25.2 Å². The van der Waals surface area contributed by atoms with E-state index in [1.165, 1.54) is 13.2 Å². The number of carbonyl (C=O) groups is 1. The molecule has 2 rings (SSSR count). The number of benzene rings is 1. The third kappa shape index (κ3) is 5.01. The average molecular weight is 390 g/mol. The van der Waals surface area contributed by atoms with Crippen LogP contribution in [0.5, 0.6) is 11.5 Å². The molecule has 1 fully saturated rings. The lowest BCUT2D eigenvalue weighted by Gasteiger charge is -2.24. The molecule has 25 heavy (non-hydrogen) atoms. The van der Waals surface area contributed by atoms with Gasteiger partial charge in [-0.25, -0.2) is 8.42 Å². The quantitative estimate of drug-likeness (QED) is 0.808. The average Bonchev–Trinajstić information content (AvgIpc) is 2.78. The van der Waals surface area contributed by atoms with E-state index in [0.717, 1.165) is 0 Å². The highest BCUT2D eigenvalue weighted by atomic mass is 35.5. The van der Waals surface area contributed by atoms with E-state index < -0.39 is 21.3 Å². The highest BCUT2D eigenvalue weighted by Gasteiger charge is 2.39. The molecule has 1 amide bonds. The fourth-order valence-electron chi connectivity index (χ4n) is 2.70. The van der Waals surface area contributed by atoms with Gasteiger partial charge in [0.15, 0.2) is 21.3 Å². The monoisotopic (exact) mass is 389 g/mol. The summed E-state index contributed by atoms with van der Waals surface area (Å²) in [6, 6.07) is 3.05. The normalized spacial score (nSPS) is 22.0. The lowest BCUT2D eigenvalue weighted by molar-refractivity contribution is 0.0915. The van der Waals surface area contributed by atoms with Gasteiger partial charge >= 0.3 is 0 Å². The molecule has 1 aromatic carbocycles. The molecule has 0 spiro atoms. The topological polar surface area (TPSA) is 81.7 Å². The standard InChI is InChI=1S/C17H24ClNO5S/c1-11(2)9-24-15-13(18)7-12(8-14(15)23-4)16(20)19-17(3)5-6-25(21,22)10-17/h7-8,11H,5-6,9-10H2,1-4H3,(H,19,20). The van der Waals surface area contributed by atoms with Crippen molar-refractivity contribution >= 4 is 27.3 Å². The van der Waals surface area contributed by atoms with Crippen LogP contribution in [0.4, 0.5) is 0 Å². The molecule has 1 atom stereocenters. The van der Waals surface area contributed by atoms with Crippen molar-refractivity contribution < 1.29 is 22.7 Å². The fourth-order valence-corrected chi connectivity index (χ4v) is 5.05. The molecule has 1 aromatic rings. The van der Waals surface area contributed by atoms with Crippen LogP contribution in [0.2, 0.25) is 5.02 Å². The number of rotatable bonds is 6. The summed E-state index contributed by atoms with van der Waals surface area (Å²) in [5.41, 5.74) is -0.480. The zero-order valence-corrected chi connectivity index (χ0v) is 16.5. The number of carbonyl (C=O) groups excluding carboxylic acids is 1. The molecule has 0 aliphatic carbocycles. The number of nitrogens with one attached hydrogen (secondary N) is 1. The van der Waals surface area contributed by atoms with Crippen molar-refractivity contribution in [3.05, 3.63) is 22.7 Å². The molecule has 0 saturated carbocycles. The smallest absolute Gasteiger partial charge is 0.251 e. The molecule has 0 aromatic heterocycles. The van der Waals surface area contributed by atoms with Crippen molar-refractivity contribution in [3.8, 4) is 11.5 Å². The van der Waals surface area contributed by atoms with Crippen LogP contribution in [-0.2, 0) is 9.84 Å². The van der Waals surface area contributed by atoms with Gasteiger partial charge in [-0.2, -0.15) is 0 Å². The van der Waals surface area contributed by atoms with Crippen LogP contribution in [0, 0.1) is 5.92 Å². The molecule has 1 N–H and O–H groups in total. The summed E-state index contributed by atoms with van der Waals surface area (Å²) in [6.45, 7) is 6.23. The second-order valence-electron chi connectivity index (χ2n) is 7.05. The number of ether oxygens (including phenoxy) is 2. The Kier molecular flexibility index (Phi) is 5.89. The third-order valence-corrected chi connectivity index (χ3v) is 6.16. The van der Waals surface area contributed by atoms with Crippen molar-refractivity contribution in [1.82, 2.24) is 5.32 Å². The minimum absolute atomic E-state index is 0.0633. The predicted octanol–water partition coefficient (Wildman–Crippen LogP) is 2.69. The second-order valence-corrected chi connectivity index (χ2v) is 9.64. The first kappa shape index (κ1) is 19.8. The molecule has 8 heteroatoms. The summed E-state index contributed by atoms with van der Waals surface area (Å²) < 4.78 is 34.3. The molecule has 140 valence electrons. The summed E-state index contributed by atoms with van der Waals surface area (Å²) in [7, 11) is -1.64. The molecular weight excluding hydrogens is 366 g/mol. The van der Waals surface area contributed by atoms with Gasteiger partial charge in [0.05, 0.1) is 35.8 Å². The van der Waals surface area contributed by atoms with E-state index in [1.807, 2.05) is 13.8 Å². The summed E-state index contributed by atoms with van der Waals surface area (Å²) in [5.74, 6) is 0.692. The summed E-state index contributed by atoms with van der Waals surface area (Å²) in [6.07, 6.45) is 0.390. The maximum absolute atomic E-state index is 12.6. The van der Waals surface area contributed by atoms with Gasteiger partial charge in [0.25, 0.3) is 5.91 Å². The molecule has 1 unspecified atom stereocenters. The van der Waals surface area contributed by atoms with Gasteiger partial charge in [0.2, 0.25) is 0 Å². The van der Waals surface area contributed by atoms with Gasteiger partial charge in [-0.05, 0) is 31.4 Å². The fraction of sp³-hybridized carbons (Fsp3) is 0.588. The largest absolute Gasteiger partial charge is 0.493 e. The maximum Gasteiger partial charge on any atom is 0.251 e. The van der Waals surface area contributed by atoms with Crippen LogP contribution in [0.25, 0.3) is 0 Å². The number of methoxy groups -OCH3 is 1. The molecule has 1 aliphatic heterocycles. The summed E-state index contributed by atoms with van der Waals surface area (Å²) >= 11 is 6.26. The highest BCUT2D eigenvalue weighted by Crippen LogP contribution is 2.37. The third-order valence-electron chi connectivity index (χ3n) is 3.97. The molecule has 1 heterocycles. The Labute approximate surface area is 153 Å². The molecule has 6 nitrogen and oxygen atoms in total. The van der Waals surface area contributed by atoms with Gasteiger partial charge in [0.1, 0.15) is 0 Å². The lowest BCUT2D eigenvalue weighted by atomic mass is 10.0. The van der Waals surface area contributed by atoms with E-state index in [0.29, 0.717) is 36.0 Å². The molecule has 1 saturated heterocycles. The molecule has 1 aliphatic rings. The lowest BCUT2D eigenvalue weighted by Crippen LogP contribution is -2.46. The van der Waals surface area contributed by atoms with E-state index >= 15 is 0 Å². The minimum atomic E-state index is -3.11. The Morgan fingerprint density at radius 1 is 1.40 bits per heavy atom. The van der Waals surface area contributed by atoms with Crippen LogP contribution in [-0.4, -0.2) is 45.1 Å². The predicted molar refractivity (Wildman–Crippen MR) is 97.5 cm³/mol. The van der Waals surface area contributed by atoms with Crippen molar-refractivity contribution in [2.24, 2.45) is 5.92 Å². The van der Waals surface area contributed by atoms with Crippen LogP contribution in [0.15, 0.2) is 12.1 Å². The first-order chi connectivity index (χ1) is 11.6.